The topological polar surface area (TPSA) is 51.6 Å². The zero-order chi connectivity index (χ0) is 10.5. The average Bonchev–Trinajstić information content (AvgIpc) is 2.36. The maximum atomic E-state index is 4.30. The first-order valence-electron chi connectivity index (χ1n) is 5.02. The quantitative estimate of drug-likeness (QED) is 0.363. The van der Waals surface area contributed by atoms with Crippen molar-refractivity contribution in [2.24, 2.45) is 0 Å². The van der Waals surface area contributed by atoms with Gasteiger partial charge in [-0.3, -0.25) is 0 Å². The fourth-order valence-corrected chi connectivity index (χ4v) is 2.20. The molecule has 4 rings (SSSR count). The summed E-state index contributed by atoms with van der Waals surface area (Å²) in [6.45, 7) is 0. The monoisotopic (exact) mass is 269 g/mol. The molecule has 2 aromatic carbocycles. The van der Waals surface area contributed by atoms with Crippen LogP contribution in [0.3, 0.4) is 0 Å². The summed E-state index contributed by atoms with van der Waals surface area (Å²) < 4.78 is 0. The van der Waals surface area contributed by atoms with Gasteiger partial charge in [-0.1, -0.05) is 24.3 Å². The number of nitrogens with zero attached hydrogens (tertiary/aromatic N) is 4. The maximum absolute atomic E-state index is 4.30. The summed E-state index contributed by atoms with van der Waals surface area (Å²) in [5.41, 5.74) is 1.51. The van der Waals surface area contributed by atoms with E-state index in [2.05, 4.69) is 38.6 Å². The fraction of sp³-hybridized carbons (Fsp3) is 0. The van der Waals surface area contributed by atoms with Gasteiger partial charge in [0, 0.05) is 34.0 Å². The molecule has 4 nitrogen and oxygen atoms in total. The summed E-state index contributed by atoms with van der Waals surface area (Å²) in [5.74, 6) is 0. The molecule has 0 aliphatic rings. The van der Waals surface area contributed by atoms with Crippen LogP contribution in [-0.2, 0) is 17.1 Å². The first-order valence-corrected chi connectivity index (χ1v) is 5.02. The minimum Gasteiger partial charge on any atom is -0.234 e. The Morgan fingerprint density at radius 1 is 0.824 bits per heavy atom. The summed E-state index contributed by atoms with van der Waals surface area (Å²) in [7, 11) is 0. The molecule has 0 unspecified atom stereocenters. The van der Waals surface area contributed by atoms with Gasteiger partial charge in [0.05, 0.1) is 10.9 Å². The fourth-order valence-electron chi connectivity index (χ4n) is 2.20. The standard InChI is InChI=1S/C12H6N4.Cu/c1-2-7-4-5-9-11-10(7)8(3-1)6-13-12(11)15-16-14-9;/h1-6H;. The Kier molecular flexibility index (Phi) is 2.18. The van der Waals surface area contributed by atoms with Gasteiger partial charge in [-0.2, -0.15) is 0 Å². The van der Waals surface area contributed by atoms with Crippen molar-refractivity contribution in [1.82, 2.24) is 20.4 Å². The Balaban J connectivity index is 0.000000902. The van der Waals surface area contributed by atoms with Crippen LogP contribution in [0.2, 0.25) is 0 Å². The molecule has 0 aliphatic carbocycles. The molecule has 0 spiro atoms. The molecule has 0 fully saturated rings. The molecule has 0 atom stereocenters. The zero-order valence-electron chi connectivity index (χ0n) is 8.55. The molecule has 1 radical (unpaired) electrons. The molecule has 0 N–H and O–H groups in total. The van der Waals surface area contributed by atoms with Gasteiger partial charge < -0.3 is 0 Å². The minimum absolute atomic E-state index is 0. The zero-order valence-corrected chi connectivity index (χ0v) is 9.50. The number of pyridine rings is 1. The first-order chi connectivity index (χ1) is 7.93. The van der Waals surface area contributed by atoms with Crippen molar-refractivity contribution in [2.75, 3.05) is 0 Å². The van der Waals surface area contributed by atoms with Gasteiger partial charge in [-0.15, -0.1) is 10.2 Å². The molecule has 2 heterocycles. The van der Waals surface area contributed by atoms with E-state index in [9.17, 15) is 0 Å². The number of hydrogen-bond acceptors (Lipinski definition) is 4. The molecular weight excluding hydrogens is 264 g/mol. The van der Waals surface area contributed by atoms with E-state index < -0.39 is 0 Å². The smallest absolute Gasteiger partial charge is 0.186 e. The van der Waals surface area contributed by atoms with E-state index in [1.54, 1.807) is 0 Å². The van der Waals surface area contributed by atoms with Crippen LogP contribution in [0.15, 0.2) is 36.5 Å². The van der Waals surface area contributed by atoms with Crippen LogP contribution < -0.4 is 0 Å². The van der Waals surface area contributed by atoms with E-state index in [0.717, 1.165) is 16.3 Å². The van der Waals surface area contributed by atoms with Gasteiger partial charge in [-0.25, -0.2) is 4.98 Å². The van der Waals surface area contributed by atoms with Crippen molar-refractivity contribution in [2.45, 2.75) is 0 Å². The van der Waals surface area contributed by atoms with Gasteiger partial charge >= 0.3 is 0 Å². The van der Waals surface area contributed by atoms with Crippen LogP contribution >= 0.6 is 0 Å². The molecule has 0 bridgehead atoms. The third-order valence-corrected chi connectivity index (χ3v) is 2.90. The predicted octanol–water partition coefficient (Wildman–Crippen LogP) is 2.16. The third kappa shape index (κ3) is 1.30. The number of hydrogen-bond donors (Lipinski definition) is 0. The molecule has 5 heteroatoms. The van der Waals surface area contributed by atoms with E-state index in [1.165, 1.54) is 10.8 Å². The van der Waals surface area contributed by atoms with Crippen molar-refractivity contribution in [3.05, 3.63) is 36.5 Å². The molecule has 0 saturated heterocycles. The van der Waals surface area contributed by atoms with E-state index in [4.69, 9.17) is 0 Å². The van der Waals surface area contributed by atoms with Gasteiger partial charge in [-0.05, 0) is 16.7 Å². The van der Waals surface area contributed by atoms with E-state index in [1.807, 2.05) is 18.3 Å². The maximum Gasteiger partial charge on any atom is 0.186 e. The molecular formula is C12H6CuN4. The van der Waals surface area contributed by atoms with Crippen LogP contribution in [0, 0.1) is 0 Å². The van der Waals surface area contributed by atoms with Crippen LogP contribution in [-0.4, -0.2) is 20.4 Å². The molecule has 4 aromatic rings. The Hall–Kier alpha value is -1.84. The Labute approximate surface area is 107 Å². The Morgan fingerprint density at radius 2 is 1.71 bits per heavy atom. The molecule has 17 heavy (non-hydrogen) atoms. The van der Waals surface area contributed by atoms with Gasteiger partial charge in [0.2, 0.25) is 0 Å². The second kappa shape index (κ2) is 3.58. The van der Waals surface area contributed by atoms with Crippen molar-refractivity contribution in [1.29, 1.82) is 0 Å². The molecule has 2 aromatic heterocycles. The molecule has 0 aliphatic heterocycles. The summed E-state index contributed by atoms with van der Waals surface area (Å²) in [5, 5.41) is 16.2. The second-order valence-corrected chi connectivity index (χ2v) is 3.78. The van der Waals surface area contributed by atoms with Gasteiger partial charge in [0.1, 0.15) is 0 Å². The average molecular weight is 270 g/mol. The summed E-state index contributed by atoms with van der Waals surface area (Å²) in [6, 6.07) is 10.2. The summed E-state index contributed by atoms with van der Waals surface area (Å²) in [4.78, 5) is 4.30. The van der Waals surface area contributed by atoms with Crippen molar-refractivity contribution < 1.29 is 17.1 Å². The first kappa shape index (κ1) is 10.3. The number of aromatic nitrogens is 4. The van der Waals surface area contributed by atoms with E-state index >= 15 is 0 Å². The predicted molar refractivity (Wildman–Crippen MR) is 61.3 cm³/mol. The van der Waals surface area contributed by atoms with Crippen molar-refractivity contribution in [3.63, 3.8) is 0 Å². The third-order valence-electron chi connectivity index (χ3n) is 2.90. The van der Waals surface area contributed by atoms with Crippen LogP contribution in [0.4, 0.5) is 0 Å². The van der Waals surface area contributed by atoms with Crippen LogP contribution in [0.5, 0.6) is 0 Å². The minimum atomic E-state index is 0. The molecule has 85 valence electrons. The van der Waals surface area contributed by atoms with E-state index in [0.29, 0.717) is 5.65 Å². The molecule has 0 amide bonds. The SMILES string of the molecule is [Cu].c1cc2ccc3nnnc4ncc(c1)c2c34. The van der Waals surface area contributed by atoms with Crippen molar-refractivity contribution in [3.8, 4) is 0 Å². The largest absolute Gasteiger partial charge is 0.234 e. The van der Waals surface area contributed by atoms with Gasteiger partial charge in [0.25, 0.3) is 0 Å². The number of benzene rings is 2. The van der Waals surface area contributed by atoms with Crippen molar-refractivity contribution >= 4 is 32.7 Å². The van der Waals surface area contributed by atoms with Gasteiger partial charge in [0.15, 0.2) is 5.65 Å². The van der Waals surface area contributed by atoms with E-state index in [-0.39, 0.29) is 17.1 Å². The Bertz CT molecular complexity index is 685. The summed E-state index contributed by atoms with van der Waals surface area (Å²) >= 11 is 0. The second-order valence-electron chi connectivity index (χ2n) is 3.78. The van der Waals surface area contributed by atoms with Crippen LogP contribution in [0.1, 0.15) is 0 Å². The number of rotatable bonds is 0. The molecule has 0 saturated carbocycles. The Morgan fingerprint density at radius 3 is 2.65 bits per heavy atom. The normalized spacial score (nSPS) is 11.1. The summed E-state index contributed by atoms with van der Waals surface area (Å²) in [6.07, 6.45) is 1.83. The van der Waals surface area contributed by atoms with Crippen LogP contribution in [0.25, 0.3) is 32.7 Å².